The molecule has 0 amide bonds. The summed E-state index contributed by atoms with van der Waals surface area (Å²) in [6, 6.07) is 17.3. The van der Waals surface area contributed by atoms with Gasteiger partial charge in [0.15, 0.2) is 5.78 Å². The monoisotopic (exact) mass is 444 g/mol. The van der Waals surface area contributed by atoms with Crippen molar-refractivity contribution in [1.82, 2.24) is 9.88 Å². The van der Waals surface area contributed by atoms with Crippen LogP contribution in [0.3, 0.4) is 0 Å². The van der Waals surface area contributed by atoms with Crippen molar-refractivity contribution in [1.29, 1.82) is 0 Å². The van der Waals surface area contributed by atoms with Gasteiger partial charge < -0.3 is 15.2 Å². The molecule has 2 N–H and O–H groups in total. The zero-order valence-electron chi connectivity index (χ0n) is 19.9. The van der Waals surface area contributed by atoms with Gasteiger partial charge in [0, 0.05) is 66.6 Å². The summed E-state index contributed by atoms with van der Waals surface area (Å²) in [5, 5.41) is 5.04. The number of piperazine rings is 1. The van der Waals surface area contributed by atoms with Crippen molar-refractivity contribution in [3.05, 3.63) is 60.3 Å². The van der Waals surface area contributed by atoms with Crippen molar-refractivity contribution in [3.63, 3.8) is 0 Å². The Hall–Kier alpha value is -2.79. The maximum atomic E-state index is 13.8. The molecule has 1 saturated heterocycles. The Bertz CT molecular complexity index is 1090. The van der Waals surface area contributed by atoms with E-state index in [0.717, 1.165) is 51.9 Å². The van der Waals surface area contributed by atoms with Crippen LogP contribution in [-0.4, -0.2) is 53.9 Å². The Labute approximate surface area is 197 Å². The molecule has 0 aliphatic carbocycles. The van der Waals surface area contributed by atoms with E-state index in [4.69, 9.17) is 0 Å². The molecule has 5 heteroatoms. The van der Waals surface area contributed by atoms with Crippen LogP contribution in [0.5, 0.6) is 0 Å². The first kappa shape index (κ1) is 22.0. The molecule has 2 unspecified atom stereocenters. The van der Waals surface area contributed by atoms with Gasteiger partial charge in [-0.1, -0.05) is 38.1 Å². The molecular formula is C28H36N4O. The summed E-state index contributed by atoms with van der Waals surface area (Å²) < 4.78 is 0. The highest BCUT2D eigenvalue weighted by molar-refractivity contribution is 5.92. The molecule has 2 aliphatic heterocycles. The predicted octanol–water partition coefficient (Wildman–Crippen LogP) is 5.09. The van der Waals surface area contributed by atoms with Gasteiger partial charge in [-0.05, 0) is 55.5 Å². The molecular weight excluding hydrogens is 408 g/mol. The Morgan fingerprint density at radius 3 is 2.58 bits per heavy atom. The van der Waals surface area contributed by atoms with E-state index in [9.17, 15) is 4.79 Å². The number of anilines is 2. The molecule has 33 heavy (non-hydrogen) atoms. The van der Waals surface area contributed by atoms with Crippen LogP contribution < -0.4 is 10.2 Å². The second kappa shape index (κ2) is 9.60. The predicted molar refractivity (Wildman–Crippen MR) is 137 cm³/mol. The number of rotatable bonds is 7. The number of nitrogens with one attached hydrogen (secondary N) is 2. The smallest absolute Gasteiger partial charge is 0.155 e. The van der Waals surface area contributed by atoms with Gasteiger partial charge in [-0.3, -0.25) is 9.69 Å². The first-order valence-corrected chi connectivity index (χ1v) is 12.6. The molecule has 2 atom stereocenters. The number of carbonyl (C=O) groups excluding carboxylic acids is 1. The van der Waals surface area contributed by atoms with Crippen LogP contribution in [0.2, 0.25) is 0 Å². The van der Waals surface area contributed by atoms with E-state index in [2.05, 4.69) is 82.5 Å². The van der Waals surface area contributed by atoms with E-state index in [1.54, 1.807) is 0 Å². The zero-order valence-corrected chi connectivity index (χ0v) is 19.9. The van der Waals surface area contributed by atoms with E-state index < -0.39 is 0 Å². The quantitative estimate of drug-likeness (QED) is 0.533. The fourth-order valence-corrected chi connectivity index (χ4v) is 5.85. The normalized spacial score (nSPS) is 20.0. The number of para-hydroxylation sites is 1. The maximum absolute atomic E-state index is 13.8. The zero-order chi connectivity index (χ0) is 22.8. The Balaban J connectivity index is 1.36. The summed E-state index contributed by atoms with van der Waals surface area (Å²) in [7, 11) is 0. The molecule has 3 aromatic rings. The van der Waals surface area contributed by atoms with Crippen LogP contribution in [0.1, 0.15) is 38.7 Å². The lowest BCUT2D eigenvalue weighted by atomic mass is 9.84. The number of hydrogen-bond donors (Lipinski definition) is 2. The summed E-state index contributed by atoms with van der Waals surface area (Å²) in [5.74, 6) is 0.568. The third kappa shape index (κ3) is 4.26. The number of benzene rings is 2. The number of H-pyrrole nitrogens is 1. The minimum atomic E-state index is -0.0616. The Morgan fingerprint density at radius 2 is 1.79 bits per heavy atom. The first-order valence-electron chi connectivity index (χ1n) is 12.6. The number of aromatic amines is 1. The van der Waals surface area contributed by atoms with Crippen molar-refractivity contribution < 1.29 is 4.79 Å². The standard InChI is InChI=1S/C28H36N4O/c1-3-20(4-2)28(33)27(25-13-12-21-8-5-6-9-23(21)30-25)32-18-16-31(17-19-32)26-11-7-10-24-22(26)14-15-29-24/h5-11,14-15,20,25,27,29-30H,3-4,12-13,16-19H2,1-2H3. The summed E-state index contributed by atoms with van der Waals surface area (Å²) in [6.45, 7) is 8.03. The van der Waals surface area contributed by atoms with E-state index >= 15 is 0 Å². The minimum absolute atomic E-state index is 0.0616. The number of Topliss-reactive ketones (excluding diaryl/α,β-unsaturated/α-hetero) is 1. The molecule has 1 aromatic heterocycles. The summed E-state index contributed by atoms with van der Waals surface area (Å²) in [6.07, 6.45) is 5.91. The first-order chi connectivity index (χ1) is 16.2. The third-order valence-electron chi connectivity index (χ3n) is 7.76. The van der Waals surface area contributed by atoms with Crippen LogP contribution in [0, 0.1) is 5.92 Å². The van der Waals surface area contributed by atoms with Crippen LogP contribution in [-0.2, 0) is 11.2 Å². The number of aromatic nitrogens is 1. The second-order valence-electron chi connectivity index (χ2n) is 9.55. The third-order valence-corrected chi connectivity index (χ3v) is 7.76. The van der Waals surface area contributed by atoms with Crippen LogP contribution in [0.15, 0.2) is 54.7 Å². The van der Waals surface area contributed by atoms with Gasteiger partial charge in [0.25, 0.3) is 0 Å². The molecule has 3 heterocycles. The van der Waals surface area contributed by atoms with Crippen molar-refractivity contribution in [2.75, 3.05) is 36.4 Å². The fraction of sp³-hybridized carbons (Fsp3) is 0.464. The molecule has 0 saturated carbocycles. The van der Waals surface area contributed by atoms with Gasteiger partial charge in [-0.15, -0.1) is 0 Å². The van der Waals surface area contributed by atoms with Gasteiger partial charge in [-0.25, -0.2) is 0 Å². The van der Waals surface area contributed by atoms with Gasteiger partial charge in [0.1, 0.15) is 0 Å². The SMILES string of the molecule is CCC(CC)C(=O)C(C1CCc2ccccc2N1)N1CCN(c2cccc3[nH]ccc23)CC1. The number of nitrogens with zero attached hydrogens (tertiary/aromatic N) is 2. The van der Waals surface area contributed by atoms with Crippen LogP contribution in [0.25, 0.3) is 10.9 Å². The number of ketones is 1. The van der Waals surface area contributed by atoms with Crippen molar-refractivity contribution in [3.8, 4) is 0 Å². The second-order valence-corrected chi connectivity index (χ2v) is 9.55. The van der Waals surface area contributed by atoms with Crippen molar-refractivity contribution in [2.45, 2.75) is 51.6 Å². The molecule has 0 bridgehead atoms. The lowest BCUT2D eigenvalue weighted by Crippen LogP contribution is -2.59. The number of aryl methyl sites for hydroxylation is 1. The molecule has 0 radical (unpaired) electrons. The average molecular weight is 445 g/mol. The highest BCUT2D eigenvalue weighted by atomic mass is 16.1. The minimum Gasteiger partial charge on any atom is -0.380 e. The number of hydrogen-bond acceptors (Lipinski definition) is 4. The van der Waals surface area contributed by atoms with Gasteiger partial charge in [-0.2, -0.15) is 0 Å². The lowest BCUT2D eigenvalue weighted by Gasteiger charge is -2.44. The Kier molecular flexibility index (Phi) is 6.41. The van der Waals surface area contributed by atoms with E-state index in [1.165, 1.54) is 27.8 Å². The topological polar surface area (TPSA) is 51.4 Å². The summed E-state index contributed by atoms with van der Waals surface area (Å²) >= 11 is 0. The molecule has 1 fully saturated rings. The van der Waals surface area contributed by atoms with E-state index in [1.807, 2.05) is 6.20 Å². The summed E-state index contributed by atoms with van der Waals surface area (Å²) in [4.78, 5) is 22.1. The molecule has 2 aromatic carbocycles. The molecule has 2 aliphatic rings. The van der Waals surface area contributed by atoms with E-state index in [0.29, 0.717) is 5.78 Å². The largest absolute Gasteiger partial charge is 0.380 e. The molecule has 0 spiro atoms. The molecule has 5 nitrogen and oxygen atoms in total. The number of fused-ring (bicyclic) bond motifs is 2. The molecule has 5 rings (SSSR count). The van der Waals surface area contributed by atoms with Gasteiger partial charge >= 0.3 is 0 Å². The highest BCUT2D eigenvalue weighted by Crippen LogP contribution is 2.31. The highest BCUT2D eigenvalue weighted by Gasteiger charge is 2.39. The maximum Gasteiger partial charge on any atom is 0.155 e. The van der Waals surface area contributed by atoms with Crippen LogP contribution in [0.4, 0.5) is 11.4 Å². The van der Waals surface area contributed by atoms with Crippen molar-refractivity contribution >= 4 is 28.1 Å². The van der Waals surface area contributed by atoms with Crippen LogP contribution >= 0.6 is 0 Å². The Morgan fingerprint density at radius 1 is 1.00 bits per heavy atom. The molecule has 174 valence electrons. The number of carbonyl (C=O) groups is 1. The fourth-order valence-electron chi connectivity index (χ4n) is 5.85. The van der Waals surface area contributed by atoms with Gasteiger partial charge in [0.05, 0.1) is 6.04 Å². The average Bonchev–Trinajstić information content (AvgIpc) is 3.35. The summed E-state index contributed by atoms with van der Waals surface area (Å²) in [5.41, 5.74) is 5.04. The lowest BCUT2D eigenvalue weighted by molar-refractivity contribution is -0.129. The van der Waals surface area contributed by atoms with Gasteiger partial charge in [0.2, 0.25) is 0 Å². The van der Waals surface area contributed by atoms with E-state index in [-0.39, 0.29) is 18.0 Å². The van der Waals surface area contributed by atoms with Crippen molar-refractivity contribution in [2.24, 2.45) is 5.92 Å².